The van der Waals surface area contributed by atoms with E-state index in [2.05, 4.69) is 4.98 Å². The second-order valence-electron chi connectivity index (χ2n) is 4.79. The molecule has 1 aromatic heterocycles. The molecule has 2 heterocycles. The minimum atomic E-state index is -0.00250. The van der Waals surface area contributed by atoms with Crippen LogP contribution in [0.2, 0.25) is 0 Å². The number of hydrogen-bond donors (Lipinski definition) is 0. The number of aryl methyl sites for hydroxylation is 1. The first-order valence-corrected chi connectivity index (χ1v) is 6.17. The van der Waals surface area contributed by atoms with Crippen LogP contribution in [0.25, 0.3) is 0 Å². The normalized spacial score (nSPS) is 13.9. The van der Waals surface area contributed by atoms with Gasteiger partial charge in [0.05, 0.1) is 16.9 Å². The number of aromatic nitrogens is 1. The number of pyridine rings is 1. The SMILES string of the molecule is Cc1ccc2c(c1)C(=O)N(C)c1cccnc1N2C. The van der Waals surface area contributed by atoms with Crippen molar-refractivity contribution >= 4 is 23.1 Å². The van der Waals surface area contributed by atoms with Crippen molar-refractivity contribution in [2.45, 2.75) is 6.92 Å². The van der Waals surface area contributed by atoms with Gasteiger partial charge in [0.15, 0.2) is 5.82 Å². The van der Waals surface area contributed by atoms with Crippen LogP contribution in [0.3, 0.4) is 0 Å². The van der Waals surface area contributed by atoms with Crippen molar-refractivity contribution in [2.75, 3.05) is 23.9 Å². The van der Waals surface area contributed by atoms with Gasteiger partial charge >= 0.3 is 0 Å². The first kappa shape index (κ1) is 11.7. The van der Waals surface area contributed by atoms with Gasteiger partial charge in [0, 0.05) is 20.3 Å². The summed E-state index contributed by atoms with van der Waals surface area (Å²) in [6.07, 6.45) is 1.74. The minimum Gasteiger partial charge on any atom is -0.327 e. The molecule has 1 aliphatic heterocycles. The van der Waals surface area contributed by atoms with Crippen molar-refractivity contribution in [3.8, 4) is 0 Å². The van der Waals surface area contributed by atoms with E-state index in [4.69, 9.17) is 0 Å². The molecule has 0 unspecified atom stereocenters. The molecule has 1 aromatic carbocycles. The van der Waals surface area contributed by atoms with Gasteiger partial charge in [-0.05, 0) is 31.2 Å². The smallest absolute Gasteiger partial charge is 0.260 e. The summed E-state index contributed by atoms with van der Waals surface area (Å²) in [6.45, 7) is 1.99. The van der Waals surface area contributed by atoms with Crippen molar-refractivity contribution in [1.29, 1.82) is 0 Å². The molecule has 0 bridgehead atoms. The van der Waals surface area contributed by atoms with Crippen molar-refractivity contribution in [3.63, 3.8) is 0 Å². The average molecular weight is 253 g/mol. The summed E-state index contributed by atoms with van der Waals surface area (Å²) in [5.74, 6) is 0.790. The molecule has 0 radical (unpaired) electrons. The number of benzene rings is 1. The molecular formula is C15H15N3O. The van der Waals surface area contributed by atoms with Gasteiger partial charge < -0.3 is 9.80 Å². The van der Waals surface area contributed by atoms with Crippen LogP contribution in [0.1, 0.15) is 15.9 Å². The maximum absolute atomic E-state index is 12.6. The second-order valence-corrected chi connectivity index (χ2v) is 4.79. The Morgan fingerprint density at radius 3 is 2.63 bits per heavy atom. The van der Waals surface area contributed by atoms with Crippen LogP contribution < -0.4 is 9.80 Å². The maximum atomic E-state index is 12.6. The van der Waals surface area contributed by atoms with Crippen LogP contribution in [0.5, 0.6) is 0 Å². The Kier molecular flexibility index (Phi) is 2.52. The Labute approximate surface area is 112 Å². The summed E-state index contributed by atoms with van der Waals surface area (Å²) in [6, 6.07) is 9.67. The van der Waals surface area contributed by atoms with Crippen molar-refractivity contribution in [2.24, 2.45) is 0 Å². The van der Waals surface area contributed by atoms with E-state index in [1.54, 1.807) is 18.1 Å². The fourth-order valence-electron chi connectivity index (χ4n) is 2.43. The van der Waals surface area contributed by atoms with Gasteiger partial charge in [0.1, 0.15) is 0 Å². The zero-order chi connectivity index (χ0) is 13.6. The molecule has 0 saturated carbocycles. The van der Waals surface area contributed by atoms with Gasteiger partial charge in [-0.1, -0.05) is 11.6 Å². The fraction of sp³-hybridized carbons (Fsp3) is 0.200. The van der Waals surface area contributed by atoms with Crippen LogP contribution in [0.4, 0.5) is 17.2 Å². The third-order valence-corrected chi connectivity index (χ3v) is 3.49. The van der Waals surface area contributed by atoms with E-state index in [0.29, 0.717) is 5.56 Å². The summed E-state index contributed by atoms with van der Waals surface area (Å²) in [7, 11) is 3.72. The zero-order valence-electron chi connectivity index (χ0n) is 11.2. The third-order valence-electron chi connectivity index (χ3n) is 3.49. The number of hydrogen-bond acceptors (Lipinski definition) is 3. The molecule has 96 valence electrons. The molecule has 0 spiro atoms. The number of carbonyl (C=O) groups is 1. The van der Waals surface area contributed by atoms with E-state index in [1.165, 1.54) is 0 Å². The topological polar surface area (TPSA) is 36.4 Å². The fourth-order valence-corrected chi connectivity index (χ4v) is 2.43. The zero-order valence-corrected chi connectivity index (χ0v) is 11.2. The molecule has 3 rings (SSSR count). The lowest BCUT2D eigenvalue weighted by Gasteiger charge is -2.20. The van der Waals surface area contributed by atoms with Crippen LogP contribution in [0.15, 0.2) is 36.5 Å². The number of anilines is 3. The summed E-state index contributed by atoms with van der Waals surface area (Å²) in [5, 5.41) is 0. The summed E-state index contributed by atoms with van der Waals surface area (Å²) >= 11 is 0. The Balaban J connectivity index is 2.30. The lowest BCUT2D eigenvalue weighted by Crippen LogP contribution is -2.25. The molecule has 1 amide bonds. The Bertz CT molecular complexity index is 666. The molecule has 4 nitrogen and oxygen atoms in total. The van der Waals surface area contributed by atoms with E-state index in [-0.39, 0.29) is 5.91 Å². The first-order chi connectivity index (χ1) is 9.09. The maximum Gasteiger partial charge on any atom is 0.260 e. The van der Waals surface area contributed by atoms with Gasteiger partial charge in [-0.15, -0.1) is 0 Å². The second kappa shape index (κ2) is 4.09. The van der Waals surface area contributed by atoms with Gasteiger partial charge in [0.25, 0.3) is 5.91 Å². The van der Waals surface area contributed by atoms with Crippen LogP contribution >= 0.6 is 0 Å². The highest BCUT2D eigenvalue weighted by molar-refractivity contribution is 6.13. The highest BCUT2D eigenvalue weighted by Gasteiger charge is 2.27. The molecular weight excluding hydrogens is 238 g/mol. The predicted octanol–water partition coefficient (Wildman–Crippen LogP) is 2.75. The van der Waals surface area contributed by atoms with Crippen molar-refractivity contribution in [1.82, 2.24) is 4.98 Å². The summed E-state index contributed by atoms with van der Waals surface area (Å²) in [4.78, 5) is 20.6. The standard InChI is InChI=1S/C15H15N3O/c1-10-6-7-12-11(9-10)15(19)18(3)13-5-4-8-16-14(13)17(12)2/h4-9H,1-3H3. The van der Waals surface area contributed by atoms with Gasteiger partial charge in [-0.2, -0.15) is 0 Å². The Morgan fingerprint density at radius 2 is 1.84 bits per heavy atom. The van der Waals surface area contributed by atoms with Crippen LogP contribution in [0, 0.1) is 6.92 Å². The van der Waals surface area contributed by atoms with Gasteiger partial charge in [-0.3, -0.25) is 4.79 Å². The molecule has 0 atom stereocenters. The average Bonchev–Trinajstić information content (AvgIpc) is 2.51. The molecule has 1 aliphatic rings. The number of fused-ring (bicyclic) bond motifs is 2. The quantitative estimate of drug-likeness (QED) is 0.724. The summed E-state index contributed by atoms with van der Waals surface area (Å²) in [5.41, 5.74) is 3.50. The number of carbonyl (C=O) groups excluding carboxylic acids is 1. The largest absolute Gasteiger partial charge is 0.327 e. The first-order valence-electron chi connectivity index (χ1n) is 6.17. The molecule has 19 heavy (non-hydrogen) atoms. The highest BCUT2D eigenvalue weighted by Crippen LogP contribution is 2.37. The molecule has 0 saturated heterocycles. The van der Waals surface area contributed by atoms with Crippen LogP contribution in [-0.2, 0) is 0 Å². The summed E-state index contributed by atoms with van der Waals surface area (Å²) < 4.78 is 0. The monoisotopic (exact) mass is 253 g/mol. The third kappa shape index (κ3) is 1.68. The van der Waals surface area contributed by atoms with E-state index >= 15 is 0 Å². The Morgan fingerprint density at radius 1 is 1.05 bits per heavy atom. The van der Waals surface area contributed by atoms with Crippen molar-refractivity contribution in [3.05, 3.63) is 47.7 Å². The van der Waals surface area contributed by atoms with Gasteiger partial charge in [-0.25, -0.2) is 4.98 Å². The number of nitrogens with zero attached hydrogens (tertiary/aromatic N) is 3. The molecule has 0 aliphatic carbocycles. The number of rotatable bonds is 0. The lowest BCUT2D eigenvalue weighted by molar-refractivity contribution is 0.0994. The van der Waals surface area contributed by atoms with E-state index in [9.17, 15) is 4.79 Å². The predicted molar refractivity (Wildman–Crippen MR) is 76.2 cm³/mol. The highest BCUT2D eigenvalue weighted by atomic mass is 16.2. The van der Waals surface area contributed by atoms with Crippen molar-refractivity contribution < 1.29 is 4.79 Å². The van der Waals surface area contributed by atoms with E-state index < -0.39 is 0 Å². The minimum absolute atomic E-state index is 0.00250. The molecule has 4 heteroatoms. The molecule has 0 fully saturated rings. The van der Waals surface area contributed by atoms with Gasteiger partial charge in [0.2, 0.25) is 0 Å². The number of amides is 1. The molecule has 2 aromatic rings. The van der Waals surface area contributed by atoms with E-state index in [1.807, 2.05) is 49.2 Å². The van der Waals surface area contributed by atoms with Crippen LogP contribution in [-0.4, -0.2) is 25.0 Å². The van der Waals surface area contributed by atoms with E-state index in [0.717, 1.165) is 22.8 Å². The Hall–Kier alpha value is -2.36. The molecule has 0 N–H and O–H groups in total. The lowest BCUT2D eigenvalue weighted by atomic mass is 10.1.